The number of hydrogen-bond acceptors (Lipinski definition) is 6. The number of carbonyl (C=O) groups excluding carboxylic acids is 1. The SMILES string of the molecule is C=CCOCC(NC(=O)c1ccc(SC)c([N+](=O)[O-])c1)C(=O)O. The van der Waals surface area contributed by atoms with Gasteiger partial charge in [-0.1, -0.05) is 6.08 Å². The van der Waals surface area contributed by atoms with Crippen LogP contribution in [-0.2, 0) is 9.53 Å². The summed E-state index contributed by atoms with van der Waals surface area (Å²) >= 11 is 1.18. The van der Waals surface area contributed by atoms with E-state index in [-0.39, 0.29) is 24.5 Å². The molecule has 9 heteroatoms. The molecule has 124 valence electrons. The van der Waals surface area contributed by atoms with Crippen molar-refractivity contribution in [2.75, 3.05) is 19.5 Å². The standard InChI is InChI=1S/C14H16N2O6S/c1-3-6-22-8-10(14(18)19)15-13(17)9-4-5-12(23-2)11(7-9)16(20)21/h3-5,7,10H,1,6,8H2,2H3,(H,15,17)(H,18,19). The van der Waals surface area contributed by atoms with Crippen LogP contribution in [0.25, 0.3) is 0 Å². The van der Waals surface area contributed by atoms with Gasteiger partial charge in [0.2, 0.25) is 0 Å². The monoisotopic (exact) mass is 340 g/mol. The zero-order valence-corrected chi connectivity index (χ0v) is 13.2. The van der Waals surface area contributed by atoms with Crippen LogP contribution < -0.4 is 5.32 Å². The topological polar surface area (TPSA) is 119 Å². The fraction of sp³-hybridized carbons (Fsp3) is 0.286. The molecule has 1 amide bonds. The Morgan fingerprint density at radius 3 is 2.78 bits per heavy atom. The first-order chi connectivity index (χ1) is 10.9. The summed E-state index contributed by atoms with van der Waals surface area (Å²) < 4.78 is 5.02. The van der Waals surface area contributed by atoms with E-state index in [0.717, 1.165) is 6.07 Å². The van der Waals surface area contributed by atoms with Crippen LogP contribution >= 0.6 is 11.8 Å². The molecule has 2 N–H and O–H groups in total. The van der Waals surface area contributed by atoms with Crippen molar-refractivity contribution in [1.29, 1.82) is 0 Å². The highest BCUT2D eigenvalue weighted by Crippen LogP contribution is 2.28. The fourth-order valence-electron chi connectivity index (χ4n) is 1.66. The smallest absolute Gasteiger partial charge is 0.328 e. The van der Waals surface area contributed by atoms with Crippen LogP contribution in [0.2, 0.25) is 0 Å². The molecule has 1 rings (SSSR count). The van der Waals surface area contributed by atoms with Crippen molar-refractivity contribution in [1.82, 2.24) is 5.32 Å². The number of nitrogens with one attached hydrogen (secondary N) is 1. The molecule has 0 aliphatic heterocycles. The maximum Gasteiger partial charge on any atom is 0.328 e. The third-order valence-corrected chi connectivity index (χ3v) is 3.55. The molecule has 0 fully saturated rings. The van der Waals surface area contributed by atoms with E-state index >= 15 is 0 Å². The molecular formula is C14H16N2O6S. The minimum atomic E-state index is -1.27. The maximum atomic E-state index is 12.1. The first-order valence-corrected chi connectivity index (χ1v) is 7.68. The molecule has 1 unspecified atom stereocenters. The molecular weight excluding hydrogens is 324 g/mol. The number of benzene rings is 1. The summed E-state index contributed by atoms with van der Waals surface area (Å²) in [4.78, 5) is 34.0. The summed E-state index contributed by atoms with van der Waals surface area (Å²) in [6.45, 7) is 3.34. The molecule has 0 saturated heterocycles. The van der Waals surface area contributed by atoms with Gasteiger partial charge in [0.25, 0.3) is 11.6 Å². The van der Waals surface area contributed by atoms with Crippen LogP contribution in [0.4, 0.5) is 5.69 Å². The predicted octanol–water partition coefficient (Wildman–Crippen LogP) is 1.70. The quantitative estimate of drug-likeness (QED) is 0.231. The van der Waals surface area contributed by atoms with E-state index in [9.17, 15) is 19.7 Å². The Morgan fingerprint density at radius 1 is 1.57 bits per heavy atom. The van der Waals surface area contributed by atoms with Gasteiger partial charge in [-0.05, 0) is 18.4 Å². The Labute approximate surface area is 136 Å². The number of carboxylic acid groups (broad SMARTS) is 1. The van der Waals surface area contributed by atoms with Gasteiger partial charge in [-0.15, -0.1) is 18.3 Å². The van der Waals surface area contributed by atoms with Crippen LogP contribution in [0.15, 0.2) is 35.7 Å². The average Bonchev–Trinajstić information content (AvgIpc) is 2.52. The van der Waals surface area contributed by atoms with Gasteiger partial charge < -0.3 is 15.2 Å². The number of ether oxygens (including phenoxy) is 1. The minimum Gasteiger partial charge on any atom is -0.480 e. The molecule has 0 radical (unpaired) electrons. The largest absolute Gasteiger partial charge is 0.480 e. The Morgan fingerprint density at radius 2 is 2.26 bits per heavy atom. The number of carbonyl (C=O) groups is 2. The summed E-state index contributed by atoms with van der Waals surface area (Å²) in [5.41, 5.74) is -0.204. The molecule has 1 atom stereocenters. The molecule has 0 heterocycles. The molecule has 0 aromatic heterocycles. The lowest BCUT2D eigenvalue weighted by molar-refractivity contribution is -0.387. The highest BCUT2D eigenvalue weighted by Gasteiger charge is 2.23. The van der Waals surface area contributed by atoms with Gasteiger partial charge in [-0.25, -0.2) is 4.79 Å². The normalized spacial score (nSPS) is 11.5. The Kier molecular flexibility index (Phi) is 7.23. The van der Waals surface area contributed by atoms with Crippen molar-refractivity contribution >= 4 is 29.3 Å². The van der Waals surface area contributed by atoms with Crippen molar-refractivity contribution in [2.45, 2.75) is 10.9 Å². The van der Waals surface area contributed by atoms with E-state index in [0.29, 0.717) is 4.90 Å². The lowest BCUT2D eigenvalue weighted by atomic mass is 10.1. The summed E-state index contributed by atoms with van der Waals surface area (Å²) in [5, 5.41) is 22.3. The second-order valence-corrected chi connectivity index (χ2v) is 5.18. The van der Waals surface area contributed by atoms with Crippen LogP contribution in [-0.4, -0.2) is 47.4 Å². The van der Waals surface area contributed by atoms with Crippen LogP contribution in [0.3, 0.4) is 0 Å². The van der Waals surface area contributed by atoms with Crippen molar-refractivity contribution in [3.8, 4) is 0 Å². The van der Waals surface area contributed by atoms with Gasteiger partial charge >= 0.3 is 5.97 Å². The number of aliphatic carboxylic acids is 1. The predicted molar refractivity (Wildman–Crippen MR) is 84.8 cm³/mol. The van der Waals surface area contributed by atoms with E-state index in [4.69, 9.17) is 9.84 Å². The summed E-state index contributed by atoms with van der Waals surface area (Å²) in [5.74, 6) is -1.99. The molecule has 0 aliphatic carbocycles. The number of amides is 1. The minimum absolute atomic E-state index is 0.00414. The number of hydrogen-bond donors (Lipinski definition) is 2. The molecule has 1 aromatic carbocycles. The number of nitro groups is 1. The van der Waals surface area contributed by atoms with Crippen molar-refractivity contribution < 1.29 is 24.4 Å². The van der Waals surface area contributed by atoms with Crippen molar-refractivity contribution in [3.63, 3.8) is 0 Å². The average molecular weight is 340 g/mol. The lowest BCUT2D eigenvalue weighted by Crippen LogP contribution is -2.44. The number of carboxylic acids is 1. The second kappa shape index (κ2) is 8.91. The second-order valence-electron chi connectivity index (χ2n) is 4.33. The zero-order valence-electron chi connectivity index (χ0n) is 12.4. The van der Waals surface area contributed by atoms with Crippen LogP contribution in [0.5, 0.6) is 0 Å². The van der Waals surface area contributed by atoms with Crippen LogP contribution in [0.1, 0.15) is 10.4 Å². The Balaban J connectivity index is 2.90. The first kappa shape index (κ1) is 18.7. The lowest BCUT2D eigenvalue weighted by Gasteiger charge is -2.14. The Hall–Kier alpha value is -2.39. The van der Waals surface area contributed by atoms with Crippen molar-refractivity contribution in [2.24, 2.45) is 0 Å². The van der Waals surface area contributed by atoms with Gasteiger partial charge in [0.05, 0.1) is 23.0 Å². The summed E-state index contributed by atoms with van der Waals surface area (Å²) in [7, 11) is 0. The zero-order chi connectivity index (χ0) is 17.4. The molecule has 23 heavy (non-hydrogen) atoms. The number of nitro benzene ring substituents is 1. The van der Waals surface area contributed by atoms with Crippen LogP contribution in [0, 0.1) is 10.1 Å². The summed E-state index contributed by atoms with van der Waals surface area (Å²) in [6.07, 6.45) is 3.13. The molecule has 0 bridgehead atoms. The molecule has 0 spiro atoms. The van der Waals surface area contributed by atoms with E-state index in [1.54, 1.807) is 6.26 Å². The highest BCUT2D eigenvalue weighted by molar-refractivity contribution is 7.98. The van der Waals surface area contributed by atoms with E-state index in [1.807, 2.05) is 0 Å². The highest BCUT2D eigenvalue weighted by atomic mass is 32.2. The van der Waals surface area contributed by atoms with Gasteiger partial charge in [0.15, 0.2) is 6.04 Å². The van der Waals surface area contributed by atoms with E-state index < -0.39 is 22.8 Å². The molecule has 1 aromatic rings. The molecule has 0 saturated carbocycles. The first-order valence-electron chi connectivity index (χ1n) is 6.45. The fourth-order valence-corrected chi connectivity index (χ4v) is 2.21. The van der Waals surface area contributed by atoms with Crippen molar-refractivity contribution in [3.05, 3.63) is 46.5 Å². The number of rotatable bonds is 9. The third-order valence-electron chi connectivity index (χ3n) is 2.76. The Bertz CT molecular complexity index is 619. The number of thioether (sulfide) groups is 1. The maximum absolute atomic E-state index is 12.1. The summed E-state index contributed by atoms with van der Waals surface area (Å²) in [6, 6.07) is 2.70. The number of nitrogens with zero attached hydrogens (tertiary/aromatic N) is 1. The van der Waals surface area contributed by atoms with Gasteiger partial charge in [-0.2, -0.15) is 0 Å². The van der Waals surface area contributed by atoms with Gasteiger partial charge in [0, 0.05) is 11.6 Å². The van der Waals surface area contributed by atoms with Gasteiger partial charge in [-0.3, -0.25) is 14.9 Å². The van der Waals surface area contributed by atoms with E-state index in [1.165, 1.54) is 30.0 Å². The van der Waals surface area contributed by atoms with Gasteiger partial charge in [0.1, 0.15) is 0 Å². The molecule has 0 aliphatic rings. The molecule has 8 nitrogen and oxygen atoms in total. The van der Waals surface area contributed by atoms with E-state index in [2.05, 4.69) is 11.9 Å². The third kappa shape index (κ3) is 5.38.